The minimum absolute atomic E-state index is 0.00196. The largest absolute Gasteiger partial charge is 0.339 e. The SMILES string of the molecule is CC(C)N(c1ccc2c(c1)C(C)(C)c1ccccc1-2)c1cc2ccc3cccc4ccc(c1)c2c34. The molecule has 1 aliphatic rings. The molecular weight excluding hydrogens is 422 g/mol. The van der Waals surface area contributed by atoms with Gasteiger partial charge in [-0.2, -0.15) is 0 Å². The van der Waals surface area contributed by atoms with E-state index in [1.54, 1.807) is 0 Å². The molecule has 0 heterocycles. The van der Waals surface area contributed by atoms with Crippen LogP contribution in [0.1, 0.15) is 38.8 Å². The zero-order valence-corrected chi connectivity index (χ0v) is 20.8. The van der Waals surface area contributed by atoms with Crippen molar-refractivity contribution < 1.29 is 0 Å². The molecule has 0 atom stereocenters. The van der Waals surface area contributed by atoms with Crippen LogP contribution in [0.25, 0.3) is 43.4 Å². The maximum absolute atomic E-state index is 2.49. The van der Waals surface area contributed by atoms with E-state index < -0.39 is 0 Å². The average molecular weight is 452 g/mol. The Kier molecular flexibility index (Phi) is 4.16. The lowest BCUT2D eigenvalue weighted by atomic mass is 9.82. The molecule has 0 aromatic heterocycles. The summed E-state index contributed by atoms with van der Waals surface area (Å²) in [5.74, 6) is 0. The fourth-order valence-corrected chi connectivity index (χ4v) is 6.46. The molecule has 0 fully saturated rings. The Bertz CT molecular complexity index is 1690. The van der Waals surface area contributed by atoms with Crippen molar-refractivity contribution in [2.75, 3.05) is 4.90 Å². The van der Waals surface area contributed by atoms with E-state index in [-0.39, 0.29) is 5.41 Å². The quantitative estimate of drug-likeness (QED) is 0.242. The minimum atomic E-state index is -0.00196. The van der Waals surface area contributed by atoms with E-state index in [1.807, 2.05) is 0 Å². The van der Waals surface area contributed by atoms with Crippen LogP contribution in [-0.4, -0.2) is 6.04 Å². The third kappa shape index (κ3) is 2.82. The van der Waals surface area contributed by atoms with Crippen molar-refractivity contribution in [3.8, 4) is 11.1 Å². The first-order valence-electron chi connectivity index (χ1n) is 12.6. The number of rotatable bonds is 3. The molecule has 170 valence electrons. The lowest BCUT2D eigenvalue weighted by Crippen LogP contribution is -2.26. The predicted molar refractivity (Wildman–Crippen MR) is 151 cm³/mol. The predicted octanol–water partition coefficient (Wildman–Crippen LogP) is 9.44. The van der Waals surface area contributed by atoms with E-state index >= 15 is 0 Å². The van der Waals surface area contributed by atoms with Crippen molar-refractivity contribution in [2.24, 2.45) is 0 Å². The normalized spacial score (nSPS) is 14.2. The summed E-state index contributed by atoms with van der Waals surface area (Å²) in [6.07, 6.45) is 0. The molecule has 0 N–H and O–H groups in total. The van der Waals surface area contributed by atoms with Gasteiger partial charge in [-0.25, -0.2) is 0 Å². The molecule has 6 aromatic rings. The molecule has 6 aromatic carbocycles. The van der Waals surface area contributed by atoms with Crippen molar-refractivity contribution in [1.82, 2.24) is 0 Å². The molecule has 0 spiro atoms. The standard InChI is InChI=1S/C34H29N/c1-21(2)35(26-16-17-29-28-10-5-6-11-30(28)34(3,4)31(29)20-26)27-18-24-14-12-22-8-7-9-23-13-15-25(19-27)33(24)32(22)23/h5-21H,1-4H3. The third-order valence-electron chi connectivity index (χ3n) is 8.09. The number of fused-ring (bicyclic) bond motifs is 3. The molecular formula is C34H29N. The van der Waals surface area contributed by atoms with Crippen molar-refractivity contribution in [3.05, 3.63) is 108 Å². The molecule has 0 amide bonds. The van der Waals surface area contributed by atoms with Crippen LogP contribution < -0.4 is 4.90 Å². The summed E-state index contributed by atoms with van der Waals surface area (Å²) in [5, 5.41) is 7.99. The second-order valence-corrected chi connectivity index (χ2v) is 10.8. The smallest absolute Gasteiger partial charge is 0.0425 e. The number of hydrogen-bond donors (Lipinski definition) is 0. The Balaban J connectivity index is 1.43. The van der Waals surface area contributed by atoms with Crippen molar-refractivity contribution in [1.29, 1.82) is 0 Å². The summed E-state index contributed by atoms with van der Waals surface area (Å²) < 4.78 is 0. The molecule has 7 rings (SSSR count). The highest BCUT2D eigenvalue weighted by molar-refractivity contribution is 6.23. The van der Waals surface area contributed by atoms with Crippen molar-refractivity contribution in [2.45, 2.75) is 39.2 Å². The summed E-state index contributed by atoms with van der Waals surface area (Å²) >= 11 is 0. The highest BCUT2D eigenvalue weighted by Gasteiger charge is 2.35. The summed E-state index contributed by atoms with van der Waals surface area (Å²) in [7, 11) is 0. The van der Waals surface area contributed by atoms with Gasteiger partial charge in [0.15, 0.2) is 0 Å². The summed E-state index contributed by atoms with van der Waals surface area (Å²) in [6, 6.07) is 36.7. The summed E-state index contributed by atoms with van der Waals surface area (Å²) in [5.41, 5.74) is 8.09. The fourth-order valence-electron chi connectivity index (χ4n) is 6.46. The van der Waals surface area contributed by atoms with Gasteiger partial charge in [-0.05, 0) is 92.7 Å². The molecule has 0 aliphatic heterocycles. The van der Waals surface area contributed by atoms with E-state index in [0.29, 0.717) is 6.04 Å². The fraction of sp³-hybridized carbons (Fsp3) is 0.176. The first-order chi connectivity index (χ1) is 16.9. The molecule has 1 aliphatic carbocycles. The summed E-state index contributed by atoms with van der Waals surface area (Å²) in [4.78, 5) is 2.49. The first kappa shape index (κ1) is 20.5. The van der Waals surface area contributed by atoms with Crippen LogP contribution in [0.5, 0.6) is 0 Å². The van der Waals surface area contributed by atoms with E-state index in [1.165, 1.54) is 65.9 Å². The van der Waals surface area contributed by atoms with Crippen LogP contribution in [0.3, 0.4) is 0 Å². The van der Waals surface area contributed by atoms with Crippen LogP contribution in [-0.2, 0) is 5.41 Å². The Labute approximate surface area is 207 Å². The van der Waals surface area contributed by atoms with Gasteiger partial charge in [0.25, 0.3) is 0 Å². The maximum atomic E-state index is 2.49. The van der Waals surface area contributed by atoms with Gasteiger partial charge in [0.2, 0.25) is 0 Å². The van der Waals surface area contributed by atoms with Crippen molar-refractivity contribution in [3.63, 3.8) is 0 Å². The van der Waals surface area contributed by atoms with Gasteiger partial charge in [-0.1, -0.05) is 86.6 Å². The van der Waals surface area contributed by atoms with Crippen molar-refractivity contribution >= 4 is 43.7 Å². The Morgan fingerprint density at radius 1 is 0.543 bits per heavy atom. The van der Waals surface area contributed by atoms with Gasteiger partial charge in [-0.15, -0.1) is 0 Å². The Morgan fingerprint density at radius 2 is 1.14 bits per heavy atom. The second-order valence-electron chi connectivity index (χ2n) is 10.8. The van der Waals surface area contributed by atoms with E-state index in [9.17, 15) is 0 Å². The number of anilines is 2. The van der Waals surface area contributed by atoms with Gasteiger partial charge < -0.3 is 4.90 Å². The minimum Gasteiger partial charge on any atom is -0.339 e. The third-order valence-corrected chi connectivity index (χ3v) is 8.09. The molecule has 0 unspecified atom stereocenters. The van der Waals surface area contributed by atoms with Gasteiger partial charge in [0.1, 0.15) is 0 Å². The average Bonchev–Trinajstić information content (AvgIpc) is 3.09. The highest BCUT2D eigenvalue weighted by Crippen LogP contribution is 2.50. The van der Waals surface area contributed by atoms with Crippen LogP contribution in [0.2, 0.25) is 0 Å². The molecule has 0 saturated heterocycles. The molecule has 1 nitrogen and oxygen atoms in total. The molecule has 0 saturated carbocycles. The molecule has 0 radical (unpaired) electrons. The second kappa shape index (κ2) is 7.09. The molecule has 35 heavy (non-hydrogen) atoms. The maximum Gasteiger partial charge on any atom is 0.0425 e. The van der Waals surface area contributed by atoms with Crippen LogP contribution in [0, 0.1) is 0 Å². The topological polar surface area (TPSA) is 3.24 Å². The molecule has 0 bridgehead atoms. The van der Waals surface area contributed by atoms with Crippen LogP contribution >= 0.6 is 0 Å². The summed E-state index contributed by atoms with van der Waals surface area (Å²) in [6.45, 7) is 9.29. The monoisotopic (exact) mass is 451 g/mol. The lowest BCUT2D eigenvalue weighted by Gasteiger charge is -2.31. The first-order valence-corrected chi connectivity index (χ1v) is 12.6. The van der Waals surface area contributed by atoms with Gasteiger partial charge in [0, 0.05) is 22.8 Å². The van der Waals surface area contributed by atoms with E-state index in [0.717, 1.165) is 0 Å². The van der Waals surface area contributed by atoms with Crippen LogP contribution in [0.4, 0.5) is 11.4 Å². The number of benzene rings is 6. The van der Waals surface area contributed by atoms with E-state index in [4.69, 9.17) is 0 Å². The van der Waals surface area contributed by atoms with Gasteiger partial charge in [0.05, 0.1) is 0 Å². The Hall–Kier alpha value is -3.84. The van der Waals surface area contributed by atoms with Crippen LogP contribution in [0.15, 0.2) is 97.1 Å². The Morgan fingerprint density at radius 3 is 1.83 bits per heavy atom. The number of nitrogens with zero attached hydrogens (tertiary/aromatic N) is 1. The molecule has 1 heteroatoms. The zero-order chi connectivity index (χ0) is 23.9. The number of hydrogen-bond acceptors (Lipinski definition) is 1. The van der Waals surface area contributed by atoms with Gasteiger partial charge >= 0.3 is 0 Å². The highest BCUT2D eigenvalue weighted by atomic mass is 15.2. The van der Waals surface area contributed by atoms with Gasteiger partial charge in [-0.3, -0.25) is 0 Å². The zero-order valence-electron chi connectivity index (χ0n) is 20.8. The van der Waals surface area contributed by atoms with E-state index in [2.05, 4.69) is 130 Å². The lowest BCUT2D eigenvalue weighted by molar-refractivity contribution is 0.659.